The van der Waals surface area contributed by atoms with Gasteiger partial charge in [-0.15, -0.1) is 0 Å². The van der Waals surface area contributed by atoms with Crippen LogP contribution < -0.4 is 9.80 Å². The van der Waals surface area contributed by atoms with Crippen LogP contribution in [0.3, 0.4) is 0 Å². The van der Waals surface area contributed by atoms with Crippen molar-refractivity contribution in [2.75, 3.05) is 36.0 Å². The van der Waals surface area contributed by atoms with E-state index in [0.29, 0.717) is 0 Å². The number of aromatic nitrogens is 4. The van der Waals surface area contributed by atoms with Gasteiger partial charge in [0.25, 0.3) is 0 Å². The molecule has 1 aliphatic rings. The van der Waals surface area contributed by atoms with Crippen LogP contribution in [0.4, 0.5) is 11.6 Å². The molecule has 30 heavy (non-hydrogen) atoms. The zero-order valence-electron chi connectivity index (χ0n) is 16.6. The number of anilines is 2. The van der Waals surface area contributed by atoms with Gasteiger partial charge >= 0.3 is 0 Å². The van der Waals surface area contributed by atoms with Crippen LogP contribution in [0.1, 0.15) is 0 Å². The molecule has 0 atom stereocenters. The molecule has 1 aliphatic heterocycles. The molecule has 3 heterocycles. The number of nitrogens with zero attached hydrogens (tertiary/aromatic N) is 6. The number of hydrogen-bond donors (Lipinski definition) is 0. The highest BCUT2D eigenvalue weighted by Gasteiger charge is 2.20. The predicted octanol–water partition coefficient (Wildman–Crippen LogP) is 3.93. The van der Waals surface area contributed by atoms with Crippen LogP contribution in [0.25, 0.3) is 22.5 Å². The van der Waals surface area contributed by atoms with Crippen LogP contribution in [0.15, 0.2) is 85.5 Å². The molecular formula is C24H22N6. The molecule has 0 N–H and O–H groups in total. The summed E-state index contributed by atoms with van der Waals surface area (Å²) >= 11 is 0. The molecule has 0 amide bonds. The lowest BCUT2D eigenvalue weighted by atomic mass is 10.1. The van der Waals surface area contributed by atoms with E-state index in [2.05, 4.69) is 66.1 Å². The van der Waals surface area contributed by atoms with Gasteiger partial charge in [0.15, 0.2) is 0 Å². The third-order valence-electron chi connectivity index (χ3n) is 5.37. The maximum absolute atomic E-state index is 4.51. The number of piperazine rings is 1. The van der Waals surface area contributed by atoms with Gasteiger partial charge in [-0.05, 0) is 0 Å². The summed E-state index contributed by atoms with van der Waals surface area (Å²) in [6, 6.07) is 24.6. The van der Waals surface area contributed by atoms with Gasteiger partial charge in [-0.25, -0.2) is 19.9 Å². The van der Waals surface area contributed by atoms with E-state index in [1.54, 1.807) is 12.7 Å². The molecule has 0 spiro atoms. The Bertz CT molecular complexity index is 1020. The minimum absolute atomic E-state index is 0.885. The topological polar surface area (TPSA) is 58.0 Å². The highest BCUT2D eigenvalue weighted by atomic mass is 15.3. The maximum atomic E-state index is 4.51. The predicted molar refractivity (Wildman–Crippen MR) is 119 cm³/mol. The number of benzene rings is 2. The van der Waals surface area contributed by atoms with E-state index < -0.39 is 0 Å². The Hall–Kier alpha value is -3.80. The molecule has 2 aromatic carbocycles. The summed E-state index contributed by atoms with van der Waals surface area (Å²) in [5.74, 6) is 1.94. The Kier molecular flexibility index (Phi) is 5.04. The Morgan fingerprint density at radius 1 is 0.500 bits per heavy atom. The van der Waals surface area contributed by atoms with Gasteiger partial charge in [0, 0.05) is 49.4 Å². The van der Waals surface area contributed by atoms with Gasteiger partial charge in [-0.1, -0.05) is 60.7 Å². The first-order valence-electron chi connectivity index (χ1n) is 10.1. The lowest BCUT2D eigenvalue weighted by Gasteiger charge is -2.36. The van der Waals surface area contributed by atoms with E-state index in [0.717, 1.165) is 60.3 Å². The van der Waals surface area contributed by atoms with Crippen molar-refractivity contribution in [1.29, 1.82) is 0 Å². The van der Waals surface area contributed by atoms with Crippen molar-refractivity contribution >= 4 is 11.6 Å². The average Bonchev–Trinajstić information content (AvgIpc) is 2.85. The summed E-state index contributed by atoms with van der Waals surface area (Å²) in [5.41, 5.74) is 4.11. The third-order valence-corrected chi connectivity index (χ3v) is 5.37. The minimum Gasteiger partial charge on any atom is -0.353 e. The maximum Gasteiger partial charge on any atom is 0.132 e. The molecule has 0 radical (unpaired) electrons. The van der Waals surface area contributed by atoms with E-state index in [-0.39, 0.29) is 0 Å². The van der Waals surface area contributed by atoms with Gasteiger partial charge in [0.2, 0.25) is 0 Å². The van der Waals surface area contributed by atoms with Crippen molar-refractivity contribution in [3.8, 4) is 22.5 Å². The smallest absolute Gasteiger partial charge is 0.132 e. The monoisotopic (exact) mass is 394 g/mol. The third kappa shape index (κ3) is 3.85. The molecule has 1 fully saturated rings. The standard InChI is InChI=1S/C24H22N6/c1-3-7-19(8-4-1)21-15-23(27-17-25-21)29-11-13-30(14-12-29)24-16-22(26-18-28-24)20-9-5-2-6-10-20/h1-10,15-18H,11-14H2. The molecule has 0 saturated carbocycles. The van der Waals surface area contributed by atoms with Gasteiger partial charge in [-0.3, -0.25) is 0 Å². The molecular weight excluding hydrogens is 372 g/mol. The first-order valence-corrected chi connectivity index (χ1v) is 10.1. The Morgan fingerprint density at radius 2 is 0.900 bits per heavy atom. The van der Waals surface area contributed by atoms with Crippen molar-refractivity contribution in [3.63, 3.8) is 0 Å². The average molecular weight is 394 g/mol. The summed E-state index contributed by atoms with van der Waals surface area (Å²) in [4.78, 5) is 22.5. The lowest BCUT2D eigenvalue weighted by Crippen LogP contribution is -2.47. The van der Waals surface area contributed by atoms with Crippen molar-refractivity contribution in [2.24, 2.45) is 0 Å². The molecule has 0 aliphatic carbocycles. The highest BCUT2D eigenvalue weighted by molar-refractivity contribution is 5.64. The van der Waals surface area contributed by atoms with Gasteiger partial charge in [0.05, 0.1) is 11.4 Å². The highest BCUT2D eigenvalue weighted by Crippen LogP contribution is 2.24. The fraction of sp³-hybridized carbons (Fsp3) is 0.167. The summed E-state index contributed by atoms with van der Waals surface area (Å²) < 4.78 is 0. The second-order valence-electron chi connectivity index (χ2n) is 7.23. The van der Waals surface area contributed by atoms with E-state index in [4.69, 9.17) is 0 Å². The van der Waals surface area contributed by atoms with Crippen LogP contribution in [0.5, 0.6) is 0 Å². The molecule has 1 saturated heterocycles. The molecule has 148 valence electrons. The summed E-state index contributed by atoms with van der Waals surface area (Å²) in [5, 5.41) is 0. The van der Waals surface area contributed by atoms with Crippen molar-refractivity contribution in [1.82, 2.24) is 19.9 Å². The van der Waals surface area contributed by atoms with Crippen LogP contribution in [0, 0.1) is 0 Å². The first-order chi connectivity index (χ1) is 14.9. The first kappa shape index (κ1) is 18.2. The van der Waals surface area contributed by atoms with Gasteiger partial charge in [-0.2, -0.15) is 0 Å². The van der Waals surface area contributed by atoms with Crippen molar-refractivity contribution < 1.29 is 0 Å². The van der Waals surface area contributed by atoms with Crippen molar-refractivity contribution in [2.45, 2.75) is 0 Å². The fourth-order valence-electron chi connectivity index (χ4n) is 3.74. The Balaban J connectivity index is 1.29. The number of hydrogen-bond acceptors (Lipinski definition) is 6. The van der Waals surface area contributed by atoms with Crippen LogP contribution in [0.2, 0.25) is 0 Å². The van der Waals surface area contributed by atoms with Crippen LogP contribution in [-0.4, -0.2) is 46.1 Å². The van der Waals surface area contributed by atoms with Gasteiger partial charge < -0.3 is 9.80 Å². The number of rotatable bonds is 4. The molecule has 2 aromatic heterocycles. The Labute approximate surface area is 175 Å². The quantitative estimate of drug-likeness (QED) is 0.523. The molecule has 4 aromatic rings. The lowest BCUT2D eigenvalue weighted by molar-refractivity contribution is 0.640. The summed E-state index contributed by atoms with van der Waals surface area (Å²) in [6.07, 6.45) is 3.31. The molecule has 6 heteroatoms. The van der Waals surface area contributed by atoms with E-state index in [1.165, 1.54) is 0 Å². The minimum atomic E-state index is 0.885. The normalized spacial score (nSPS) is 14.0. The zero-order chi connectivity index (χ0) is 20.2. The van der Waals surface area contributed by atoms with E-state index in [1.807, 2.05) is 36.4 Å². The van der Waals surface area contributed by atoms with Crippen LogP contribution >= 0.6 is 0 Å². The molecule has 0 unspecified atom stereocenters. The second-order valence-corrected chi connectivity index (χ2v) is 7.23. The van der Waals surface area contributed by atoms with Crippen LogP contribution in [-0.2, 0) is 0 Å². The molecule has 0 bridgehead atoms. The Morgan fingerprint density at radius 3 is 1.30 bits per heavy atom. The SMILES string of the molecule is c1ccc(-c2cc(N3CCN(c4cc(-c5ccccc5)ncn4)CC3)ncn2)cc1. The van der Waals surface area contributed by atoms with Gasteiger partial charge in [0.1, 0.15) is 24.3 Å². The second kappa shape index (κ2) is 8.29. The van der Waals surface area contributed by atoms with Crippen molar-refractivity contribution in [3.05, 3.63) is 85.5 Å². The fourth-order valence-corrected chi connectivity index (χ4v) is 3.74. The summed E-state index contributed by atoms with van der Waals surface area (Å²) in [7, 11) is 0. The zero-order valence-corrected chi connectivity index (χ0v) is 16.6. The van der Waals surface area contributed by atoms with E-state index >= 15 is 0 Å². The molecule has 5 rings (SSSR count). The molecule has 6 nitrogen and oxygen atoms in total. The summed E-state index contributed by atoms with van der Waals surface area (Å²) in [6.45, 7) is 3.54. The largest absolute Gasteiger partial charge is 0.353 e. The van der Waals surface area contributed by atoms with E-state index in [9.17, 15) is 0 Å².